The largest absolute Gasteiger partial charge is 0.493 e. The molecule has 0 radical (unpaired) electrons. The van der Waals surface area contributed by atoms with Crippen molar-refractivity contribution in [3.8, 4) is 11.5 Å². The molecule has 0 atom stereocenters. The fourth-order valence-corrected chi connectivity index (χ4v) is 3.42. The number of thiophene rings is 1. The average Bonchev–Trinajstić information content (AvgIpc) is 3.14. The molecule has 0 saturated carbocycles. The van der Waals surface area contributed by atoms with Crippen LogP contribution in [-0.2, 0) is 6.54 Å². The summed E-state index contributed by atoms with van der Waals surface area (Å²) < 4.78 is 11.7. The summed E-state index contributed by atoms with van der Waals surface area (Å²) in [6, 6.07) is 6.89. The van der Waals surface area contributed by atoms with Crippen molar-refractivity contribution in [1.29, 1.82) is 0 Å². The third-order valence-electron chi connectivity index (χ3n) is 4.08. The van der Waals surface area contributed by atoms with E-state index in [9.17, 15) is 9.59 Å². The minimum absolute atomic E-state index is 0.188. The van der Waals surface area contributed by atoms with Crippen molar-refractivity contribution in [2.24, 2.45) is 5.92 Å². The minimum Gasteiger partial charge on any atom is -0.493 e. The van der Waals surface area contributed by atoms with E-state index in [1.807, 2.05) is 5.38 Å². The first kappa shape index (κ1) is 19.9. The Balaban J connectivity index is 1.77. The number of fused-ring (bicyclic) bond motifs is 1. The van der Waals surface area contributed by atoms with Crippen molar-refractivity contribution >= 4 is 27.5 Å². The number of nitrogens with one attached hydrogen (secondary N) is 1. The summed E-state index contributed by atoms with van der Waals surface area (Å²) in [5.74, 6) is 1.72. The van der Waals surface area contributed by atoms with Gasteiger partial charge >= 0.3 is 0 Å². The Morgan fingerprint density at radius 2 is 2.07 bits per heavy atom. The van der Waals surface area contributed by atoms with Crippen LogP contribution in [0.15, 0.2) is 34.4 Å². The number of carbonyl (C=O) groups is 1. The number of H-pyrrole nitrogens is 1. The Hall–Kier alpha value is -2.87. The number of ether oxygens (including phenoxy) is 2. The Morgan fingerprint density at radius 1 is 1.29 bits per heavy atom. The SMILES string of the molecule is COc1cc(C(=O)N(C)Cc2nc3ccsc3c(=O)[nH]2)ccc1OCC(C)C. The van der Waals surface area contributed by atoms with Crippen LogP contribution in [0.25, 0.3) is 10.2 Å². The van der Waals surface area contributed by atoms with Gasteiger partial charge in [0.1, 0.15) is 10.5 Å². The van der Waals surface area contributed by atoms with Gasteiger partial charge in [-0.15, -0.1) is 11.3 Å². The van der Waals surface area contributed by atoms with Gasteiger partial charge in [-0.05, 0) is 35.6 Å². The molecule has 0 spiro atoms. The zero-order chi connectivity index (χ0) is 20.3. The lowest BCUT2D eigenvalue weighted by Gasteiger charge is -2.18. The van der Waals surface area contributed by atoms with E-state index in [2.05, 4.69) is 23.8 Å². The van der Waals surface area contributed by atoms with Crippen LogP contribution in [0.1, 0.15) is 30.0 Å². The van der Waals surface area contributed by atoms with Crippen LogP contribution in [0.3, 0.4) is 0 Å². The molecule has 0 aliphatic heterocycles. The lowest BCUT2D eigenvalue weighted by molar-refractivity contribution is 0.0781. The Labute approximate surface area is 166 Å². The third kappa shape index (κ3) is 4.33. The minimum atomic E-state index is -0.207. The quantitative estimate of drug-likeness (QED) is 0.657. The maximum atomic E-state index is 12.8. The van der Waals surface area contributed by atoms with E-state index < -0.39 is 0 Å². The van der Waals surface area contributed by atoms with Gasteiger partial charge in [0, 0.05) is 12.6 Å². The van der Waals surface area contributed by atoms with E-state index in [-0.39, 0.29) is 18.0 Å². The number of rotatable bonds is 7. The van der Waals surface area contributed by atoms with Gasteiger partial charge in [-0.1, -0.05) is 13.8 Å². The third-order valence-corrected chi connectivity index (χ3v) is 4.98. The second-order valence-corrected chi connectivity index (χ2v) is 7.80. The van der Waals surface area contributed by atoms with Crippen molar-refractivity contribution in [2.75, 3.05) is 20.8 Å². The van der Waals surface area contributed by atoms with Crippen molar-refractivity contribution in [1.82, 2.24) is 14.9 Å². The summed E-state index contributed by atoms with van der Waals surface area (Å²) in [5, 5.41) is 1.82. The van der Waals surface area contributed by atoms with E-state index in [4.69, 9.17) is 9.47 Å². The molecule has 1 amide bonds. The van der Waals surface area contributed by atoms with Crippen LogP contribution in [0.4, 0.5) is 0 Å². The molecule has 1 N–H and O–H groups in total. The number of hydrogen-bond acceptors (Lipinski definition) is 6. The Kier molecular flexibility index (Phi) is 5.99. The van der Waals surface area contributed by atoms with Crippen molar-refractivity contribution in [3.05, 3.63) is 51.4 Å². The standard InChI is InChI=1S/C20H23N3O4S/c1-12(2)11-27-15-6-5-13(9-16(15)26-4)20(25)23(3)10-17-21-14-7-8-28-18(14)19(24)22-17/h5-9,12H,10-11H2,1-4H3,(H,21,22,24). The molecular formula is C20H23N3O4S. The number of benzene rings is 1. The maximum absolute atomic E-state index is 12.8. The van der Waals surface area contributed by atoms with Crippen LogP contribution < -0.4 is 15.0 Å². The van der Waals surface area contributed by atoms with E-state index in [0.717, 1.165) is 0 Å². The van der Waals surface area contributed by atoms with Crippen molar-refractivity contribution < 1.29 is 14.3 Å². The number of hydrogen-bond donors (Lipinski definition) is 1. The van der Waals surface area contributed by atoms with Gasteiger partial charge in [-0.3, -0.25) is 9.59 Å². The molecule has 3 aromatic rings. The van der Waals surface area contributed by atoms with Crippen LogP contribution in [0, 0.1) is 5.92 Å². The van der Waals surface area contributed by atoms with Crippen LogP contribution in [0.5, 0.6) is 11.5 Å². The molecule has 1 aromatic carbocycles. The van der Waals surface area contributed by atoms with Crippen molar-refractivity contribution in [3.63, 3.8) is 0 Å². The highest BCUT2D eigenvalue weighted by molar-refractivity contribution is 7.17. The average molecular weight is 401 g/mol. The number of aromatic amines is 1. The Bertz CT molecular complexity index is 1040. The van der Waals surface area contributed by atoms with Gasteiger partial charge in [0.25, 0.3) is 11.5 Å². The van der Waals surface area contributed by atoms with E-state index >= 15 is 0 Å². The molecule has 7 nitrogen and oxygen atoms in total. The van der Waals surface area contributed by atoms with Gasteiger partial charge in [0.2, 0.25) is 0 Å². The molecule has 0 fully saturated rings. The predicted molar refractivity (Wildman–Crippen MR) is 109 cm³/mol. The zero-order valence-electron chi connectivity index (χ0n) is 16.3. The first-order chi connectivity index (χ1) is 13.4. The van der Waals surface area contributed by atoms with Gasteiger partial charge in [0.05, 0.1) is 25.8 Å². The van der Waals surface area contributed by atoms with E-state index in [1.165, 1.54) is 16.2 Å². The summed E-state index contributed by atoms with van der Waals surface area (Å²) in [7, 11) is 3.20. The van der Waals surface area contributed by atoms with Gasteiger partial charge in [0.15, 0.2) is 11.5 Å². The smallest absolute Gasteiger partial charge is 0.268 e. The highest BCUT2D eigenvalue weighted by Gasteiger charge is 2.17. The van der Waals surface area contributed by atoms with Gasteiger partial charge < -0.3 is 19.4 Å². The van der Waals surface area contributed by atoms with E-state index in [0.29, 0.717) is 45.6 Å². The number of carbonyl (C=O) groups excluding carboxylic acids is 1. The van der Waals surface area contributed by atoms with Crippen LogP contribution in [0.2, 0.25) is 0 Å². The number of aromatic nitrogens is 2. The van der Waals surface area contributed by atoms with Crippen LogP contribution >= 0.6 is 11.3 Å². The second-order valence-electron chi connectivity index (χ2n) is 6.88. The van der Waals surface area contributed by atoms with Gasteiger partial charge in [-0.25, -0.2) is 4.98 Å². The number of amides is 1. The molecule has 28 heavy (non-hydrogen) atoms. The molecule has 3 rings (SSSR count). The van der Waals surface area contributed by atoms with Crippen LogP contribution in [-0.4, -0.2) is 41.5 Å². The fraction of sp³-hybridized carbons (Fsp3) is 0.350. The first-order valence-electron chi connectivity index (χ1n) is 8.91. The molecule has 2 aromatic heterocycles. The van der Waals surface area contributed by atoms with Gasteiger partial charge in [-0.2, -0.15) is 0 Å². The molecule has 8 heteroatoms. The highest BCUT2D eigenvalue weighted by Crippen LogP contribution is 2.29. The molecule has 2 heterocycles. The summed E-state index contributed by atoms with van der Waals surface area (Å²) in [6.07, 6.45) is 0. The maximum Gasteiger partial charge on any atom is 0.268 e. The molecule has 0 saturated heterocycles. The molecule has 148 valence electrons. The summed E-state index contributed by atoms with van der Waals surface area (Å²) in [5.41, 5.74) is 0.914. The number of nitrogens with zero attached hydrogens (tertiary/aromatic N) is 2. The molecule has 0 aliphatic rings. The molecule has 0 aliphatic carbocycles. The predicted octanol–water partition coefficient (Wildman–Crippen LogP) is 3.30. The Morgan fingerprint density at radius 3 is 2.79 bits per heavy atom. The van der Waals surface area contributed by atoms with E-state index in [1.54, 1.807) is 38.4 Å². The second kappa shape index (κ2) is 8.43. The summed E-state index contributed by atoms with van der Waals surface area (Å²) >= 11 is 1.34. The fourth-order valence-electron chi connectivity index (χ4n) is 2.69. The lowest BCUT2D eigenvalue weighted by Crippen LogP contribution is -2.28. The molecule has 0 unspecified atom stereocenters. The molecular weight excluding hydrogens is 378 g/mol. The summed E-state index contributed by atoms with van der Waals surface area (Å²) in [4.78, 5) is 33.6. The topological polar surface area (TPSA) is 84.5 Å². The first-order valence-corrected chi connectivity index (χ1v) is 9.79. The number of methoxy groups -OCH3 is 1. The zero-order valence-corrected chi connectivity index (χ0v) is 17.1. The lowest BCUT2D eigenvalue weighted by atomic mass is 10.1. The van der Waals surface area contributed by atoms with Crippen molar-refractivity contribution in [2.45, 2.75) is 20.4 Å². The summed E-state index contributed by atoms with van der Waals surface area (Å²) in [6.45, 7) is 4.87. The normalized spacial score (nSPS) is 11.0. The molecule has 0 bridgehead atoms. The monoisotopic (exact) mass is 401 g/mol. The highest BCUT2D eigenvalue weighted by atomic mass is 32.1.